The van der Waals surface area contributed by atoms with Crippen molar-refractivity contribution in [3.05, 3.63) is 0 Å². The zero-order valence-electron chi connectivity index (χ0n) is 27.9. The Balaban J connectivity index is 1.41. The summed E-state index contributed by atoms with van der Waals surface area (Å²) in [6.07, 6.45) is -0.501. The SMILES string of the molecule is CC1(C)OCC(CBr)(COCC(COCC2COC(C)(C)O2)(COCC2COC(C)(C)O2)COCC2COC(C)(C)O2)CO1. The van der Waals surface area contributed by atoms with Crippen LogP contribution in [0.15, 0.2) is 0 Å². The zero-order valence-corrected chi connectivity index (χ0v) is 29.5. The summed E-state index contributed by atoms with van der Waals surface area (Å²) < 4.78 is 72.4. The molecule has 0 aromatic heterocycles. The molecule has 4 heterocycles. The van der Waals surface area contributed by atoms with Gasteiger partial charge in [0.2, 0.25) is 0 Å². The molecule has 0 bridgehead atoms. The van der Waals surface area contributed by atoms with Crippen LogP contribution in [-0.2, 0) is 56.8 Å². The Morgan fingerprint density at radius 3 is 1.23 bits per heavy atom. The number of hydrogen-bond acceptors (Lipinski definition) is 12. The molecule has 0 amide bonds. The molecule has 4 aliphatic rings. The van der Waals surface area contributed by atoms with Crippen molar-refractivity contribution in [3.8, 4) is 0 Å². The van der Waals surface area contributed by atoms with Crippen molar-refractivity contribution in [1.29, 1.82) is 0 Å². The minimum absolute atomic E-state index is 0.167. The third kappa shape index (κ3) is 11.3. The van der Waals surface area contributed by atoms with Crippen LogP contribution in [0.25, 0.3) is 0 Å². The zero-order chi connectivity index (χ0) is 32.1. The summed E-state index contributed by atoms with van der Waals surface area (Å²) in [5.74, 6) is -2.50. The largest absolute Gasteiger partial charge is 0.380 e. The van der Waals surface area contributed by atoms with Gasteiger partial charge in [-0.2, -0.15) is 0 Å². The van der Waals surface area contributed by atoms with E-state index in [2.05, 4.69) is 15.9 Å². The van der Waals surface area contributed by atoms with Gasteiger partial charge in [-0.25, -0.2) is 0 Å². The molecule has 0 aromatic carbocycles. The van der Waals surface area contributed by atoms with Crippen molar-refractivity contribution in [3.63, 3.8) is 0 Å². The molecule has 0 saturated carbocycles. The summed E-state index contributed by atoms with van der Waals surface area (Å²) in [6, 6.07) is 0. The van der Waals surface area contributed by atoms with Crippen LogP contribution in [0.4, 0.5) is 0 Å². The first-order chi connectivity index (χ1) is 20.5. The van der Waals surface area contributed by atoms with E-state index in [1.54, 1.807) is 0 Å². The van der Waals surface area contributed by atoms with Crippen LogP contribution in [0.3, 0.4) is 0 Å². The molecular weight excluding hydrogens is 644 g/mol. The third-order valence-corrected chi connectivity index (χ3v) is 9.08. The van der Waals surface area contributed by atoms with Gasteiger partial charge in [-0.05, 0) is 55.4 Å². The molecule has 258 valence electrons. The Bertz CT molecular complexity index is 808. The van der Waals surface area contributed by atoms with Crippen LogP contribution in [0, 0.1) is 10.8 Å². The van der Waals surface area contributed by atoms with Crippen molar-refractivity contribution in [1.82, 2.24) is 0 Å². The van der Waals surface area contributed by atoms with Crippen LogP contribution < -0.4 is 0 Å². The highest BCUT2D eigenvalue weighted by Gasteiger charge is 2.42. The van der Waals surface area contributed by atoms with Gasteiger partial charge in [-0.1, -0.05) is 15.9 Å². The van der Waals surface area contributed by atoms with Gasteiger partial charge in [-0.15, -0.1) is 0 Å². The van der Waals surface area contributed by atoms with E-state index < -0.39 is 28.6 Å². The maximum absolute atomic E-state index is 6.47. The molecule has 0 spiro atoms. The first kappa shape index (κ1) is 36.8. The summed E-state index contributed by atoms with van der Waals surface area (Å²) in [5.41, 5.74) is -0.978. The molecule has 0 radical (unpaired) electrons. The smallest absolute Gasteiger partial charge is 0.163 e. The van der Waals surface area contributed by atoms with Crippen molar-refractivity contribution in [2.75, 3.05) is 91.2 Å². The maximum atomic E-state index is 6.47. The number of hydrogen-bond donors (Lipinski definition) is 0. The first-order valence-corrected chi connectivity index (χ1v) is 16.8. The molecule has 3 unspecified atom stereocenters. The fraction of sp³-hybridized carbons (Fsp3) is 1.00. The van der Waals surface area contributed by atoms with Gasteiger partial charge in [0.25, 0.3) is 0 Å². The molecule has 4 fully saturated rings. The number of halogens is 1. The van der Waals surface area contributed by atoms with Crippen LogP contribution in [0.1, 0.15) is 55.4 Å². The van der Waals surface area contributed by atoms with E-state index in [1.807, 2.05) is 55.4 Å². The van der Waals surface area contributed by atoms with Crippen LogP contribution in [0.5, 0.6) is 0 Å². The van der Waals surface area contributed by atoms with Gasteiger partial charge in [0.15, 0.2) is 23.1 Å². The Morgan fingerprint density at radius 2 is 0.909 bits per heavy atom. The van der Waals surface area contributed by atoms with Gasteiger partial charge in [0.05, 0.1) is 96.7 Å². The van der Waals surface area contributed by atoms with E-state index in [0.29, 0.717) is 91.2 Å². The number of alkyl halides is 1. The first-order valence-electron chi connectivity index (χ1n) is 15.6. The fourth-order valence-corrected chi connectivity index (χ4v) is 5.91. The van der Waals surface area contributed by atoms with E-state index in [-0.39, 0.29) is 23.7 Å². The van der Waals surface area contributed by atoms with E-state index >= 15 is 0 Å². The second-order valence-corrected chi connectivity index (χ2v) is 15.1. The topological polar surface area (TPSA) is 111 Å². The second kappa shape index (κ2) is 15.0. The average molecular weight is 700 g/mol. The molecule has 0 aromatic rings. The van der Waals surface area contributed by atoms with Crippen LogP contribution in [-0.4, -0.2) is 133 Å². The lowest BCUT2D eigenvalue weighted by atomic mass is 9.90. The summed E-state index contributed by atoms with van der Waals surface area (Å²) in [7, 11) is 0. The molecular formula is C31H55BrO12. The average Bonchev–Trinajstić information content (AvgIpc) is 3.59. The lowest BCUT2D eigenvalue weighted by molar-refractivity contribution is -0.288. The summed E-state index contributed by atoms with van der Waals surface area (Å²) >= 11 is 3.66. The van der Waals surface area contributed by atoms with Gasteiger partial charge in [-0.3, -0.25) is 0 Å². The predicted octanol–water partition coefficient (Wildman–Crippen LogP) is 3.66. The van der Waals surface area contributed by atoms with Gasteiger partial charge in [0, 0.05) is 5.33 Å². The van der Waals surface area contributed by atoms with Gasteiger partial charge in [0.1, 0.15) is 18.3 Å². The number of rotatable bonds is 17. The molecule has 0 N–H and O–H groups in total. The molecule has 13 heteroatoms. The van der Waals surface area contributed by atoms with Crippen molar-refractivity contribution >= 4 is 15.9 Å². The maximum Gasteiger partial charge on any atom is 0.163 e. The highest BCUT2D eigenvalue weighted by molar-refractivity contribution is 9.09. The van der Waals surface area contributed by atoms with E-state index in [0.717, 1.165) is 0 Å². The molecule has 12 nitrogen and oxygen atoms in total. The standard InChI is InChI=1S/C31H55BrO12/c1-26(2)40-21-30(15-32,22-41-26)16-36-20-31(17-33-9-23-12-37-27(3,4)42-23,18-34-10-24-13-38-28(5,6)43-24)19-35-11-25-14-39-29(7,8)44-25/h23-25H,9-22H2,1-8H3. The minimum Gasteiger partial charge on any atom is -0.380 e. The normalized spacial score (nSPS) is 31.7. The molecule has 0 aliphatic carbocycles. The molecule has 4 aliphatic heterocycles. The Labute approximate surface area is 271 Å². The van der Waals surface area contributed by atoms with Crippen molar-refractivity contribution in [2.24, 2.45) is 10.8 Å². The Kier molecular flexibility index (Phi) is 12.6. The molecule has 4 rings (SSSR count). The van der Waals surface area contributed by atoms with Crippen LogP contribution in [0.2, 0.25) is 0 Å². The molecule has 44 heavy (non-hydrogen) atoms. The van der Waals surface area contributed by atoms with Crippen molar-refractivity contribution in [2.45, 2.75) is 96.9 Å². The van der Waals surface area contributed by atoms with Gasteiger partial charge < -0.3 is 56.8 Å². The lowest BCUT2D eigenvalue weighted by Crippen LogP contribution is -2.51. The summed E-state index contributed by atoms with van der Waals surface area (Å²) in [6.45, 7) is 20.5. The molecule has 4 saturated heterocycles. The van der Waals surface area contributed by atoms with E-state index in [4.69, 9.17) is 56.8 Å². The van der Waals surface area contributed by atoms with E-state index in [1.165, 1.54) is 0 Å². The fourth-order valence-electron chi connectivity index (χ4n) is 5.43. The Hall–Kier alpha value is 0.0000000000000000416. The van der Waals surface area contributed by atoms with Crippen LogP contribution >= 0.6 is 15.9 Å². The quantitative estimate of drug-likeness (QED) is 0.207. The number of ether oxygens (including phenoxy) is 12. The Morgan fingerprint density at radius 1 is 0.545 bits per heavy atom. The lowest BCUT2D eigenvalue weighted by Gasteiger charge is -2.43. The third-order valence-electron chi connectivity index (χ3n) is 7.89. The molecule has 3 atom stereocenters. The summed E-state index contributed by atoms with van der Waals surface area (Å²) in [5, 5.41) is 0.672. The van der Waals surface area contributed by atoms with Crippen molar-refractivity contribution < 1.29 is 56.8 Å². The van der Waals surface area contributed by atoms with E-state index in [9.17, 15) is 0 Å². The monoisotopic (exact) mass is 698 g/mol. The second-order valence-electron chi connectivity index (χ2n) is 14.5. The van der Waals surface area contributed by atoms with Gasteiger partial charge >= 0.3 is 0 Å². The highest BCUT2D eigenvalue weighted by Crippen LogP contribution is 2.33. The predicted molar refractivity (Wildman–Crippen MR) is 163 cm³/mol. The highest BCUT2D eigenvalue weighted by atomic mass is 79.9. The summed E-state index contributed by atoms with van der Waals surface area (Å²) in [4.78, 5) is 0. The minimum atomic E-state index is -0.651.